The van der Waals surface area contributed by atoms with E-state index in [2.05, 4.69) is 23.6 Å². The highest BCUT2D eigenvalue weighted by molar-refractivity contribution is 4.70. The molecule has 124 valence electrons. The largest absolute Gasteiger partial charge is 0.381 e. The van der Waals surface area contributed by atoms with Gasteiger partial charge in [-0.25, -0.2) is 0 Å². The van der Waals surface area contributed by atoms with Gasteiger partial charge in [-0.3, -0.25) is 0 Å². The van der Waals surface area contributed by atoms with E-state index >= 15 is 0 Å². The van der Waals surface area contributed by atoms with Crippen molar-refractivity contribution in [3.8, 4) is 0 Å². The van der Waals surface area contributed by atoms with E-state index < -0.39 is 0 Å². The summed E-state index contributed by atoms with van der Waals surface area (Å²) in [6, 6.07) is 0. The maximum Gasteiger partial charge on any atom is 0.0478 e. The van der Waals surface area contributed by atoms with Gasteiger partial charge in [-0.2, -0.15) is 0 Å². The van der Waals surface area contributed by atoms with Crippen molar-refractivity contribution in [1.29, 1.82) is 0 Å². The molecule has 0 unspecified atom stereocenters. The first-order chi connectivity index (χ1) is 10.2. The maximum absolute atomic E-state index is 5.80. The van der Waals surface area contributed by atoms with Gasteiger partial charge in [0.05, 0.1) is 0 Å². The number of rotatable bonds is 8. The van der Waals surface area contributed by atoms with E-state index in [4.69, 9.17) is 4.74 Å². The molecule has 0 aromatic rings. The molecule has 3 nitrogen and oxygen atoms in total. The molecule has 2 rings (SSSR count). The molecule has 0 amide bonds. The highest BCUT2D eigenvalue weighted by atomic mass is 16.5. The molecule has 0 saturated carbocycles. The third kappa shape index (κ3) is 7.12. The third-order valence-electron chi connectivity index (χ3n) is 5.28. The van der Waals surface area contributed by atoms with Crippen LogP contribution in [0.4, 0.5) is 0 Å². The van der Waals surface area contributed by atoms with Crippen LogP contribution in [0, 0.1) is 11.8 Å². The van der Waals surface area contributed by atoms with Crippen LogP contribution in [0.15, 0.2) is 0 Å². The smallest absolute Gasteiger partial charge is 0.0478 e. The van der Waals surface area contributed by atoms with Gasteiger partial charge in [0.25, 0.3) is 0 Å². The topological polar surface area (TPSA) is 15.7 Å². The monoisotopic (exact) mass is 296 g/mol. The van der Waals surface area contributed by atoms with Crippen molar-refractivity contribution >= 4 is 0 Å². The third-order valence-corrected chi connectivity index (χ3v) is 5.28. The van der Waals surface area contributed by atoms with Crippen molar-refractivity contribution in [1.82, 2.24) is 9.80 Å². The van der Waals surface area contributed by atoms with Crippen molar-refractivity contribution in [2.45, 2.75) is 52.4 Å². The van der Waals surface area contributed by atoms with Crippen LogP contribution in [-0.4, -0.2) is 62.3 Å². The van der Waals surface area contributed by atoms with Crippen LogP contribution in [0.25, 0.3) is 0 Å². The zero-order chi connectivity index (χ0) is 14.9. The molecule has 0 radical (unpaired) electrons. The summed E-state index contributed by atoms with van der Waals surface area (Å²) in [6.45, 7) is 14.3. The zero-order valence-electron chi connectivity index (χ0n) is 14.4. The summed E-state index contributed by atoms with van der Waals surface area (Å²) in [5.41, 5.74) is 0. The molecule has 2 heterocycles. The van der Waals surface area contributed by atoms with Gasteiger partial charge < -0.3 is 14.5 Å². The fourth-order valence-electron chi connectivity index (χ4n) is 3.45. The highest BCUT2D eigenvalue weighted by Crippen LogP contribution is 2.16. The normalized spacial score (nSPS) is 23.7. The summed E-state index contributed by atoms with van der Waals surface area (Å²) in [5, 5.41) is 0. The molecule has 0 bridgehead atoms. The molecule has 0 atom stereocenters. The number of nitrogens with zero attached hydrogens (tertiary/aromatic N) is 2. The van der Waals surface area contributed by atoms with E-state index in [-0.39, 0.29) is 0 Å². The predicted molar refractivity (Wildman–Crippen MR) is 89.7 cm³/mol. The van der Waals surface area contributed by atoms with Crippen molar-refractivity contribution in [2.24, 2.45) is 11.8 Å². The fourth-order valence-corrected chi connectivity index (χ4v) is 3.45. The summed E-state index contributed by atoms with van der Waals surface area (Å²) in [7, 11) is 0. The highest BCUT2D eigenvalue weighted by Gasteiger charge is 2.15. The van der Waals surface area contributed by atoms with Crippen LogP contribution in [-0.2, 0) is 4.74 Å². The molecule has 0 aromatic carbocycles. The van der Waals surface area contributed by atoms with Crippen molar-refractivity contribution < 1.29 is 4.74 Å². The lowest BCUT2D eigenvalue weighted by Gasteiger charge is -2.30. The van der Waals surface area contributed by atoms with Crippen LogP contribution in [0.2, 0.25) is 0 Å². The van der Waals surface area contributed by atoms with Crippen molar-refractivity contribution in [3.63, 3.8) is 0 Å². The van der Waals surface area contributed by atoms with Gasteiger partial charge >= 0.3 is 0 Å². The van der Waals surface area contributed by atoms with E-state index in [0.29, 0.717) is 0 Å². The van der Waals surface area contributed by atoms with Crippen LogP contribution in [0.3, 0.4) is 0 Å². The first kappa shape index (κ1) is 17.2. The second kappa shape index (κ2) is 9.81. The van der Waals surface area contributed by atoms with Gasteiger partial charge in [-0.1, -0.05) is 13.8 Å². The zero-order valence-corrected chi connectivity index (χ0v) is 14.4. The standard InChI is InChI=1S/C18H36N2O/c1-17-5-11-19(12-6-17)9-3-15-21-16-4-10-20-13-7-18(2)8-14-20/h17-18H,3-16H2,1-2H3. The SMILES string of the molecule is CC1CCN(CCCOCCCN2CCC(C)CC2)CC1. The average molecular weight is 296 g/mol. The van der Waals surface area contributed by atoms with E-state index in [1.165, 1.54) is 77.8 Å². The first-order valence-electron chi connectivity index (χ1n) is 9.26. The Bertz CT molecular complexity index is 230. The molecule has 21 heavy (non-hydrogen) atoms. The Morgan fingerprint density at radius 2 is 1.10 bits per heavy atom. The lowest BCUT2D eigenvalue weighted by atomic mass is 9.99. The second-order valence-electron chi connectivity index (χ2n) is 7.37. The molecule has 0 aromatic heterocycles. The lowest BCUT2D eigenvalue weighted by Crippen LogP contribution is -2.34. The molecule has 2 saturated heterocycles. The number of hydrogen-bond donors (Lipinski definition) is 0. The van der Waals surface area contributed by atoms with Gasteiger partial charge in [0.15, 0.2) is 0 Å². The molecule has 2 fully saturated rings. The van der Waals surface area contributed by atoms with Gasteiger partial charge in [-0.05, 0) is 76.5 Å². The molecule has 2 aliphatic rings. The maximum atomic E-state index is 5.80. The van der Waals surface area contributed by atoms with E-state index in [0.717, 1.165) is 25.0 Å². The first-order valence-corrected chi connectivity index (χ1v) is 9.26. The van der Waals surface area contributed by atoms with Crippen molar-refractivity contribution in [3.05, 3.63) is 0 Å². The van der Waals surface area contributed by atoms with E-state index in [9.17, 15) is 0 Å². The lowest BCUT2D eigenvalue weighted by molar-refractivity contribution is 0.0988. The van der Waals surface area contributed by atoms with Gasteiger partial charge in [0.1, 0.15) is 0 Å². The van der Waals surface area contributed by atoms with Gasteiger partial charge in [-0.15, -0.1) is 0 Å². The Labute approximate surface area is 132 Å². The molecule has 0 N–H and O–H groups in total. The van der Waals surface area contributed by atoms with Gasteiger partial charge in [0, 0.05) is 26.3 Å². The minimum absolute atomic E-state index is 0.940. The number of likely N-dealkylation sites (tertiary alicyclic amines) is 2. The molecular weight excluding hydrogens is 260 g/mol. The molecule has 0 aliphatic carbocycles. The Balaban J connectivity index is 1.37. The molecule has 2 aliphatic heterocycles. The number of ether oxygens (including phenoxy) is 1. The van der Waals surface area contributed by atoms with E-state index in [1.807, 2.05) is 0 Å². The predicted octanol–water partition coefficient (Wildman–Crippen LogP) is 3.25. The number of hydrogen-bond acceptors (Lipinski definition) is 3. The average Bonchev–Trinajstić information content (AvgIpc) is 2.50. The molecular formula is C18H36N2O. The second-order valence-corrected chi connectivity index (χ2v) is 7.37. The Morgan fingerprint density at radius 1 is 0.714 bits per heavy atom. The summed E-state index contributed by atoms with van der Waals surface area (Å²) < 4.78 is 5.80. The van der Waals surface area contributed by atoms with Crippen molar-refractivity contribution in [2.75, 3.05) is 52.5 Å². The quantitative estimate of drug-likeness (QED) is 0.640. The Hall–Kier alpha value is -0.120. The van der Waals surface area contributed by atoms with E-state index in [1.54, 1.807) is 0 Å². The summed E-state index contributed by atoms with van der Waals surface area (Å²) >= 11 is 0. The summed E-state index contributed by atoms with van der Waals surface area (Å²) in [5.74, 6) is 1.88. The minimum Gasteiger partial charge on any atom is -0.381 e. The number of piperidine rings is 2. The Morgan fingerprint density at radius 3 is 1.48 bits per heavy atom. The molecule has 3 heteroatoms. The Kier molecular flexibility index (Phi) is 8.05. The van der Waals surface area contributed by atoms with Gasteiger partial charge in [0.2, 0.25) is 0 Å². The minimum atomic E-state index is 0.940. The summed E-state index contributed by atoms with van der Waals surface area (Å²) in [4.78, 5) is 5.22. The van der Waals surface area contributed by atoms with Crippen LogP contribution >= 0.6 is 0 Å². The van der Waals surface area contributed by atoms with Crippen LogP contribution in [0.1, 0.15) is 52.4 Å². The molecule has 0 spiro atoms. The fraction of sp³-hybridized carbons (Fsp3) is 1.00. The van der Waals surface area contributed by atoms with Crippen LogP contribution < -0.4 is 0 Å². The van der Waals surface area contributed by atoms with Crippen LogP contribution in [0.5, 0.6) is 0 Å². The summed E-state index contributed by atoms with van der Waals surface area (Å²) in [6.07, 6.45) is 7.94.